The van der Waals surface area contributed by atoms with Crippen molar-refractivity contribution in [2.75, 3.05) is 0 Å². The number of rotatable bonds is 2. The Morgan fingerprint density at radius 1 is 1.44 bits per heavy atom. The van der Waals surface area contributed by atoms with Gasteiger partial charge >= 0.3 is 0 Å². The molecule has 16 heavy (non-hydrogen) atoms. The number of aliphatic hydroxyl groups excluding tert-OH is 1. The van der Waals surface area contributed by atoms with Gasteiger partial charge in [-0.25, -0.2) is 0 Å². The van der Waals surface area contributed by atoms with E-state index in [2.05, 4.69) is 4.98 Å². The van der Waals surface area contributed by atoms with Gasteiger partial charge in [-0.2, -0.15) is 0 Å². The molecule has 1 N–H and O–H groups in total. The van der Waals surface area contributed by atoms with Crippen molar-refractivity contribution in [3.63, 3.8) is 0 Å². The minimum atomic E-state index is -0.0517. The summed E-state index contributed by atoms with van der Waals surface area (Å²) in [5.74, 6) is 0.0623. The van der Waals surface area contributed by atoms with Crippen LogP contribution in [0.1, 0.15) is 24.8 Å². The van der Waals surface area contributed by atoms with E-state index >= 15 is 0 Å². The van der Waals surface area contributed by atoms with Gasteiger partial charge in [0.15, 0.2) is 0 Å². The average Bonchev–Trinajstić information content (AvgIpc) is 2.33. The third-order valence-corrected chi connectivity index (χ3v) is 2.92. The molecule has 1 aromatic rings. The van der Waals surface area contributed by atoms with Crippen LogP contribution >= 0.6 is 0 Å². The minimum absolute atomic E-state index is 0.0517. The standard InChI is InChI=1S/C13H13NO2/c1-9-2-3-11(12(8-15)13(9)16)10-4-6-14-7-5-10/h2,4-8,11,16H,3H2,1H3. The molecule has 0 aromatic carbocycles. The van der Waals surface area contributed by atoms with Crippen molar-refractivity contribution in [3.05, 3.63) is 53.1 Å². The lowest BCUT2D eigenvalue weighted by molar-refractivity contribution is -0.105. The Labute approximate surface area is 94.1 Å². The highest BCUT2D eigenvalue weighted by Crippen LogP contribution is 2.34. The van der Waals surface area contributed by atoms with Crippen LogP contribution in [0.5, 0.6) is 0 Å². The molecule has 82 valence electrons. The maximum atomic E-state index is 11.0. The van der Waals surface area contributed by atoms with E-state index in [9.17, 15) is 9.90 Å². The zero-order chi connectivity index (χ0) is 11.5. The predicted octanol–water partition coefficient (Wildman–Crippen LogP) is 2.53. The number of hydrogen-bond donors (Lipinski definition) is 1. The molecule has 0 radical (unpaired) electrons. The largest absolute Gasteiger partial charge is 0.507 e. The summed E-state index contributed by atoms with van der Waals surface area (Å²) in [6.07, 6.45) is 6.83. The van der Waals surface area contributed by atoms with Crippen molar-refractivity contribution in [2.45, 2.75) is 19.3 Å². The number of allylic oxidation sites excluding steroid dienone is 3. The van der Waals surface area contributed by atoms with Gasteiger partial charge in [-0.1, -0.05) is 6.08 Å². The fourth-order valence-electron chi connectivity index (χ4n) is 1.96. The van der Waals surface area contributed by atoms with E-state index in [4.69, 9.17) is 0 Å². The zero-order valence-electron chi connectivity index (χ0n) is 9.05. The van der Waals surface area contributed by atoms with Gasteiger partial charge in [0.05, 0.1) is 0 Å². The average molecular weight is 215 g/mol. The summed E-state index contributed by atoms with van der Waals surface area (Å²) >= 11 is 0. The van der Waals surface area contributed by atoms with Crippen LogP contribution in [-0.2, 0) is 4.79 Å². The third-order valence-electron chi connectivity index (χ3n) is 2.92. The van der Waals surface area contributed by atoms with Gasteiger partial charge in [-0.3, -0.25) is 9.78 Å². The van der Waals surface area contributed by atoms with Crippen LogP contribution in [0, 0.1) is 0 Å². The van der Waals surface area contributed by atoms with Crippen molar-refractivity contribution < 1.29 is 9.90 Å². The van der Waals surface area contributed by atoms with Crippen molar-refractivity contribution in [1.82, 2.24) is 4.98 Å². The van der Waals surface area contributed by atoms with E-state index < -0.39 is 0 Å². The molecule has 0 saturated heterocycles. The molecule has 0 amide bonds. The molecule has 0 fully saturated rings. The fourth-order valence-corrected chi connectivity index (χ4v) is 1.96. The first-order chi connectivity index (χ1) is 7.74. The molecule has 1 aliphatic carbocycles. The van der Waals surface area contributed by atoms with Gasteiger partial charge in [-0.15, -0.1) is 0 Å². The zero-order valence-corrected chi connectivity index (χ0v) is 9.05. The lowest BCUT2D eigenvalue weighted by Gasteiger charge is -2.21. The quantitative estimate of drug-likeness (QED) is 0.771. The smallest absolute Gasteiger partial charge is 0.150 e. The first-order valence-electron chi connectivity index (χ1n) is 5.19. The van der Waals surface area contributed by atoms with E-state index in [1.54, 1.807) is 12.4 Å². The molecule has 3 nitrogen and oxygen atoms in total. The van der Waals surface area contributed by atoms with Crippen LogP contribution in [0.2, 0.25) is 0 Å². The monoisotopic (exact) mass is 215 g/mol. The van der Waals surface area contributed by atoms with Crippen LogP contribution in [-0.4, -0.2) is 16.4 Å². The number of pyridine rings is 1. The number of hydrogen-bond acceptors (Lipinski definition) is 3. The molecule has 1 heterocycles. The molecule has 3 heteroatoms. The highest BCUT2D eigenvalue weighted by atomic mass is 16.3. The van der Waals surface area contributed by atoms with Crippen molar-refractivity contribution in [2.24, 2.45) is 0 Å². The first-order valence-corrected chi connectivity index (χ1v) is 5.19. The maximum absolute atomic E-state index is 11.0. The Kier molecular flexibility index (Phi) is 2.86. The second kappa shape index (κ2) is 4.31. The van der Waals surface area contributed by atoms with Crippen LogP contribution in [0.4, 0.5) is 0 Å². The molecule has 0 saturated carbocycles. The second-order valence-electron chi connectivity index (χ2n) is 3.88. The molecular weight excluding hydrogens is 202 g/mol. The molecule has 0 aliphatic heterocycles. The Bertz CT molecular complexity index is 460. The third kappa shape index (κ3) is 1.76. The number of aldehydes is 1. The van der Waals surface area contributed by atoms with Gasteiger partial charge < -0.3 is 5.11 Å². The second-order valence-corrected chi connectivity index (χ2v) is 3.88. The van der Waals surface area contributed by atoms with Crippen molar-refractivity contribution in [3.8, 4) is 0 Å². The summed E-state index contributed by atoms with van der Waals surface area (Å²) < 4.78 is 0. The number of carbonyl (C=O) groups is 1. The summed E-state index contributed by atoms with van der Waals surface area (Å²) in [6.45, 7) is 1.81. The lowest BCUT2D eigenvalue weighted by atomic mass is 9.83. The van der Waals surface area contributed by atoms with E-state index in [0.29, 0.717) is 5.57 Å². The molecule has 1 atom stereocenters. The topological polar surface area (TPSA) is 50.2 Å². The SMILES string of the molecule is CC1=CCC(c2ccncc2)C(C=O)=C1O. The molecule has 0 bridgehead atoms. The van der Waals surface area contributed by atoms with E-state index in [1.165, 1.54) is 0 Å². The van der Waals surface area contributed by atoms with Crippen LogP contribution in [0.25, 0.3) is 0 Å². The van der Waals surface area contributed by atoms with E-state index in [-0.39, 0.29) is 11.7 Å². The summed E-state index contributed by atoms with van der Waals surface area (Å²) in [6, 6.07) is 3.74. The Morgan fingerprint density at radius 2 is 2.12 bits per heavy atom. The van der Waals surface area contributed by atoms with Crippen LogP contribution in [0.15, 0.2) is 47.5 Å². The molecule has 1 aromatic heterocycles. The van der Waals surface area contributed by atoms with Gasteiger partial charge in [0.25, 0.3) is 0 Å². The fraction of sp³-hybridized carbons (Fsp3) is 0.231. The molecular formula is C13H13NO2. The summed E-state index contributed by atoms with van der Waals surface area (Å²) in [5, 5.41) is 9.83. The highest BCUT2D eigenvalue weighted by Gasteiger charge is 2.23. The predicted molar refractivity (Wildman–Crippen MR) is 61.1 cm³/mol. The van der Waals surface area contributed by atoms with Gasteiger partial charge in [0.2, 0.25) is 0 Å². The van der Waals surface area contributed by atoms with Crippen molar-refractivity contribution in [1.29, 1.82) is 0 Å². The van der Waals surface area contributed by atoms with Gasteiger partial charge in [0.1, 0.15) is 12.0 Å². The number of aliphatic hydroxyl groups is 1. The molecule has 0 spiro atoms. The number of carbonyl (C=O) groups excluding carboxylic acids is 1. The molecule has 1 aliphatic rings. The van der Waals surface area contributed by atoms with Gasteiger partial charge in [0, 0.05) is 23.9 Å². The first kappa shape index (κ1) is 10.6. The van der Waals surface area contributed by atoms with Crippen molar-refractivity contribution >= 4 is 6.29 Å². The summed E-state index contributed by atoms with van der Waals surface area (Å²) in [5.41, 5.74) is 2.24. The summed E-state index contributed by atoms with van der Waals surface area (Å²) in [4.78, 5) is 15.0. The lowest BCUT2D eigenvalue weighted by Crippen LogP contribution is -2.11. The maximum Gasteiger partial charge on any atom is 0.150 e. The summed E-state index contributed by atoms with van der Waals surface area (Å²) in [7, 11) is 0. The molecule has 1 unspecified atom stereocenters. The minimum Gasteiger partial charge on any atom is -0.507 e. The Morgan fingerprint density at radius 3 is 2.75 bits per heavy atom. The normalized spacial score (nSPS) is 20.6. The van der Waals surface area contributed by atoms with E-state index in [1.807, 2.05) is 25.1 Å². The number of nitrogens with zero attached hydrogens (tertiary/aromatic N) is 1. The van der Waals surface area contributed by atoms with Gasteiger partial charge in [-0.05, 0) is 36.6 Å². The Balaban J connectivity index is 2.43. The van der Waals surface area contributed by atoms with Crippen LogP contribution in [0.3, 0.4) is 0 Å². The van der Waals surface area contributed by atoms with E-state index in [0.717, 1.165) is 23.8 Å². The highest BCUT2D eigenvalue weighted by molar-refractivity contribution is 5.79. The molecule has 2 rings (SSSR count). The number of aromatic nitrogens is 1. The van der Waals surface area contributed by atoms with Crippen LogP contribution < -0.4 is 0 Å². The Hall–Kier alpha value is -1.90.